The van der Waals surface area contributed by atoms with Crippen LogP contribution in [0.15, 0.2) is 43.0 Å². The van der Waals surface area contributed by atoms with E-state index in [2.05, 4.69) is 11.5 Å². The molecular weight excluding hydrogens is 368 g/mol. The highest BCUT2D eigenvalue weighted by atomic mass is 32.2. The van der Waals surface area contributed by atoms with E-state index in [0.29, 0.717) is 24.4 Å². The van der Waals surface area contributed by atoms with Crippen LogP contribution < -0.4 is 0 Å². The van der Waals surface area contributed by atoms with E-state index in [1.807, 2.05) is 41.8 Å². The predicted octanol–water partition coefficient (Wildman–Crippen LogP) is 2.73. The minimum absolute atomic E-state index is 0.0247. The highest BCUT2D eigenvalue weighted by molar-refractivity contribution is 7.91. The Hall–Kier alpha value is -1.77. The van der Waals surface area contributed by atoms with Gasteiger partial charge < -0.3 is 0 Å². The highest BCUT2D eigenvalue weighted by Gasteiger charge is 2.32. The Morgan fingerprint density at radius 2 is 2.12 bits per heavy atom. The molecule has 0 radical (unpaired) electrons. The molecule has 140 valence electrons. The summed E-state index contributed by atoms with van der Waals surface area (Å²) in [5, 5.41) is 4.73. The molecule has 1 atom stereocenters. The van der Waals surface area contributed by atoms with Gasteiger partial charge in [-0.25, -0.2) is 13.1 Å². The van der Waals surface area contributed by atoms with Crippen molar-refractivity contribution in [2.75, 3.05) is 18.1 Å². The molecule has 26 heavy (non-hydrogen) atoms. The van der Waals surface area contributed by atoms with Gasteiger partial charge in [0, 0.05) is 18.2 Å². The van der Waals surface area contributed by atoms with Crippen molar-refractivity contribution in [3.05, 3.63) is 47.8 Å². The van der Waals surface area contributed by atoms with E-state index < -0.39 is 9.84 Å². The second-order valence-corrected chi connectivity index (χ2v) is 9.07. The Labute approximate surface area is 159 Å². The van der Waals surface area contributed by atoms with Gasteiger partial charge in [-0.2, -0.15) is 5.10 Å². The van der Waals surface area contributed by atoms with Gasteiger partial charge in [0.2, 0.25) is 0 Å². The van der Waals surface area contributed by atoms with Crippen LogP contribution in [0, 0.1) is 4.77 Å². The third kappa shape index (κ3) is 3.97. The first-order valence-corrected chi connectivity index (χ1v) is 11.0. The zero-order valence-corrected chi connectivity index (χ0v) is 16.5. The Bertz CT molecular complexity index is 932. The Morgan fingerprint density at radius 1 is 1.38 bits per heavy atom. The van der Waals surface area contributed by atoms with Crippen LogP contribution in [0.5, 0.6) is 0 Å². The van der Waals surface area contributed by atoms with Gasteiger partial charge >= 0.3 is 0 Å². The maximum absolute atomic E-state index is 11.8. The maximum Gasteiger partial charge on any atom is 0.199 e. The fourth-order valence-corrected chi connectivity index (χ4v) is 5.36. The molecule has 0 amide bonds. The van der Waals surface area contributed by atoms with Crippen LogP contribution in [-0.2, 0) is 23.1 Å². The average Bonchev–Trinajstić information content (AvgIpc) is 3.14. The molecule has 1 fully saturated rings. The topological polar surface area (TPSA) is 60.1 Å². The van der Waals surface area contributed by atoms with E-state index in [0.717, 1.165) is 17.9 Å². The van der Waals surface area contributed by atoms with E-state index >= 15 is 0 Å². The summed E-state index contributed by atoms with van der Waals surface area (Å²) >= 11 is 5.64. The lowest BCUT2D eigenvalue weighted by Crippen LogP contribution is -2.37. The fourth-order valence-electron chi connectivity index (χ4n) is 3.34. The molecular formula is C18H24N4O2S2. The zero-order chi connectivity index (χ0) is 18.7. The first-order chi connectivity index (χ1) is 12.4. The minimum Gasteiger partial charge on any atom is -0.296 e. The van der Waals surface area contributed by atoms with Crippen molar-refractivity contribution in [3.8, 4) is 11.4 Å². The van der Waals surface area contributed by atoms with E-state index in [1.54, 1.807) is 10.8 Å². The summed E-state index contributed by atoms with van der Waals surface area (Å²) in [6, 6.07) is 9.93. The summed E-state index contributed by atoms with van der Waals surface area (Å²) in [6.07, 6.45) is 2.47. The molecule has 0 unspecified atom stereocenters. The molecule has 8 heteroatoms. The van der Waals surface area contributed by atoms with Crippen molar-refractivity contribution >= 4 is 22.1 Å². The number of hydrogen-bond acceptors (Lipinski definition) is 5. The summed E-state index contributed by atoms with van der Waals surface area (Å²) in [4.78, 5) is 2.14. The third-order valence-electron chi connectivity index (χ3n) is 4.71. The van der Waals surface area contributed by atoms with Gasteiger partial charge in [-0.05, 0) is 25.2 Å². The van der Waals surface area contributed by atoms with Crippen LogP contribution in [-0.4, -0.2) is 51.8 Å². The summed E-state index contributed by atoms with van der Waals surface area (Å²) in [7, 11) is -2.92. The first-order valence-electron chi connectivity index (χ1n) is 8.73. The molecule has 0 N–H and O–H groups in total. The molecule has 0 bridgehead atoms. The first kappa shape index (κ1) is 19.0. The molecule has 2 heterocycles. The van der Waals surface area contributed by atoms with Crippen LogP contribution in [0.2, 0.25) is 0 Å². The van der Waals surface area contributed by atoms with E-state index in [-0.39, 0.29) is 17.5 Å². The Morgan fingerprint density at radius 3 is 2.69 bits per heavy atom. The van der Waals surface area contributed by atoms with Gasteiger partial charge in [-0.3, -0.25) is 9.47 Å². The molecule has 1 aliphatic rings. The SMILES string of the molecule is C=CCn1c(-c2ccccc2)nn(CN(CC)[C@H]2CCS(=O)(=O)C2)c1=S. The number of aromatic nitrogens is 3. The minimum atomic E-state index is -2.92. The molecule has 0 saturated carbocycles. The molecule has 3 rings (SSSR count). The highest BCUT2D eigenvalue weighted by Crippen LogP contribution is 2.21. The van der Waals surface area contributed by atoms with Crippen molar-refractivity contribution in [3.63, 3.8) is 0 Å². The van der Waals surface area contributed by atoms with Crippen LogP contribution in [0.25, 0.3) is 11.4 Å². The molecule has 1 aromatic heterocycles. The van der Waals surface area contributed by atoms with E-state index in [4.69, 9.17) is 17.3 Å². The molecule has 1 saturated heterocycles. The predicted molar refractivity (Wildman–Crippen MR) is 106 cm³/mol. The van der Waals surface area contributed by atoms with Crippen molar-refractivity contribution < 1.29 is 8.42 Å². The van der Waals surface area contributed by atoms with Gasteiger partial charge in [-0.1, -0.05) is 43.3 Å². The normalized spacial score (nSPS) is 19.1. The van der Waals surface area contributed by atoms with Crippen molar-refractivity contribution in [2.45, 2.75) is 32.6 Å². The van der Waals surface area contributed by atoms with Gasteiger partial charge in [0.1, 0.15) is 0 Å². The summed E-state index contributed by atoms with van der Waals surface area (Å²) < 4.78 is 28.0. The zero-order valence-electron chi connectivity index (χ0n) is 14.9. The van der Waals surface area contributed by atoms with Gasteiger partial charge in [0.25, 0.3) is 0 Å². The lowest BCUT2D eigenvalue weighted by molar-refractivity contribution is 0.164. The van der Waals surface area contributed by atoms with Crippen molar-refractivity contribution in [2.24, 2.45) is 0 Å². The molecule has 2 aromatic rings. The van der Waals surface area contributed by atoms with Gasteiger partial charge in [0.05, 0.1) is 18.2 Å². The quantitative estimate of drug-likeness (QED) is 0.536. The second-order valence-electron chi connectivity index (χ2n) is 6.47. The summed E-state index contributed by atoms with van der Waals surface area (Å²) in [6.45, 7) is 7.66. The van der Waals surface area contributed by atoms with Crippen molar-refractivity contribution in [1.82, 2.24) is 19.2 Å². The lowest BCUT2D eigenvalue weighted by atomic mass is 10.2. The van der Waals surface area contributed by atoms with Crippen molar-refractivity contribution in [1.29, 1.82) is 0 Å². The number of nitrogens with zero attached hydrogens (tertiary/aromatic N) is 4. The third-order valence-corrected chi connectivity index (χ3v) is 6.89. The Balaban J connectivity index is 1.92. The standard InChI is InChI=1S/C18H24N4O2S2/c1-3-11-21-17(15-8-6-5-7-9-15)19-22(18(21)25)14-20(4-2)16-10-12-26(23,24)13-16/h3,5-9,16H,1,4,10-14H2,2H3/t16-/m0/s1. The number of allylic oxidation sites excluding steroid dienone is 1. The largest absolute Gasteiger partial charge is 0.296 e. The summed E-state index contributed by atoms with van der Waals surface area (Å²) in [5.74, 6) is 1.28. The summed E-state index contributed by atoms with van der Waals surface area (Å²) in [5.41, 5.74) is 0.991. The number of benzene rings is 1. The van der Waals surface area contributed by atoms with Gasteiger partial charge in [-0.15, -0.1) is 6.58 Å². The average molecular weight is 393 g/mol. The van der Waals surface area contributed by atoms with E-state index in [9.17, 15) is 8.42 Å². The number of sulfone groups is 1. The van der Waals surface area contributed by atoms with Crippen LogP contribution >= 0.6 is 12.2 Å². The van der Waals surface area contributed by atoms with Crippen LogP contribution in [0.4, 0.5) is 0 Å². The van der Waals surface area contributed by atoms with Gasteiger partial charge in [0.15, 0.2) is 20.4 Å². The van der Waals surface area contributed by atoms with E-state index in [1.165, 1.54) is 0 Å². The maximum atomic E-state index is 11.8. The molecule has 1 aromatic carbocycles. The van der Waals surface area contributed by atoms with Crippen LogP contribution in [0.1, 0.15) is 13.3 Å². The molecule has 0 aliphatic carbocycles. The molecule has 1 aliphatic heterocycles. The monoisotopic (exact) mass is 392 g/mol. The fraction of sp³-hybridized carbons (Fsp3) is 0.444. The Kier molecular flexibility index (Phi) is 5.74. The number of rotatable bonds is 7. The second kappa shape index (κ2) is 7.85. The number of hydrogen-bond donors (Lipinski definition) is 0. The molecule has 6 nitrogen and oxygen atoms in total. The molecule has 0 spiro atoms. The van der Waals surface area contributed by atoms with Crippen LogP contribution in [0.3, 0.4) is 0 Å². The lowest BCUT2D eigenvalue weighted by Gasteiger charge is -2.26. The smallest absolute Gasteiger partial charge is 0.199 e.